The Morgan fingerprint density at radius 3 is 2.26 bits per heavy atom. The fourth-order valence-electron chi connectivity index (χ4n) is 4.26. The number of benzene rings is 1. The molecular weight excluding hydrogens is 473 g/mol. The highest BCUT2D eigenvalue weighted by Crippen LogP contribution is 2.32. The third-order valence-electron chi connectivity index (χ3n) is 6.18. The molecule has 1 aromatic carbocycles. The first-order valence-corrected chi connectivity index (χ1v) is 12.7. The Morgan fingerprint density at radius 2 is 1.71 bits per heavy atom. The predicted molar refractivity (Wildman–Crippen MR) is 121 cm³/mol. The molecule has 2 fully saturated rings. The van der Waals surface area contributed by atoms with Crippen molar-refractivity contribution in [1.82, 2.24) is 14.1 Å². The van der Waals surface area contributed by atoms with Crippen LogP contribution in [0.25, 0.3) is 5.69 Å². The Hall–Kier alpha value is -2.60. The molecule has 1 aliphatic heterocycles. The third-order valence-corrected chi connectivity index (χ3v) is 8.46. The van der Waals surface area contributed by atoms with Gasteiger partial charge in [-0.15, -0.1) is 0 Å². The number of hydrogen-bond donors (Lipinski definition) is 0. The number of hydrogen-bond acceptors (Lipinski definition) is 6. The maximum Gasteiger partial charge on any atom is 0.316 e. The number of ether oxygens (including phenoxy) is 1. The fourth-order valence-corrected chi connectivity index (χ4v) is 5.53. The standard InChI is InChI=1S/C22H27F3N4O4S/c1-14(2)34(31,32)28-8-6-27(7-9-28)19-13-26-29(17-11-15(23)10-16(24)12-17)22(30)21(19)33-20-5-3-4-18(20)25/h10-14,18,20H,3-9H2,1-2H3/t18-,20-/m0/s1. The zero-order valence-electron chi connectivity index (χ0n) is 19.0. The molecule has 34 heavy (non-hydrogen) atoms. The van der Waals surface area contributed by atoms with E-state index >= 15 is 0 Å². The number of nitrogens with zero attached hydrogens (tertiary/aromatic N) is 4. The first kappa shape index (κ1) is 24.5. The Kier molecular flexibility index (Phi) is 6.90. The second-order valence-corrected chi connectivity index (χ2v) is 11.3. The van der Waals surface area contributed by atoms with Crippen molar-refractivity contribution >= 4 is 15.7 Å². The van der Waals surface area contributed by atoms with Crippen LogP contribution in [0.1, 0.15) is 33.1 Å². The van der Waals surface area contributed by atoms with Crippen LogP contribution in [0.15, 0.2) is 29.2 Å². The first-order valence-electron chi connectivity index (χ1n) is 11.2. The van der Waals surface area contributed by atoms with Crippen molar-refractivity contribution in [1.29, 1.82) is 0 Å². The van der Waals surface area contributed by atoms with Crippen LogP contribution >= 0.6 is 0 Å². The summed E-state index contributed by atoms with van der Waals surface area (Å²) in [6.07, 6.45) is 0.621. The molecule has 12 heteroatoms. The third kappa shape index (κ3) is 4.78. The second-order valence-electron chi connectivity index (χ2n) is 8.79. The lowest BCUT2D eigenvalue weighted by atomic mass is 10.2. The molecule has 0 bridgehead atoms. The van der Waals surface area contributed by atoms with Crippen molar-refractivity contribution in [2.75, 3.05) is 31.1 Å². The average Bonchev–Trinajstić information content (AvgIpc) is 3.18. The molecule has 0 unspecified atom stereocenters. The van der Waals surface area contributed by atoms with E-state index in [4.69, 9.17) is 4.74 Å². The van der Waals surface area contributed by atoms with Crippen LogP contribution in [0.5, 0.6) is 5.75 Å². The Bertz CT molecular complexity index is 1190. The summed E-state index contributed by atoms with van der Waals surface area (Å²) in [6, 6.07) is 2.60. The average molecular weight is 501 g/mol. The van der Waals surface area contributed by atoms with Gasteiger partial charge in [0.15, 0.2) is 0 Å². The number of alkyl halides is 1. The number of piperazine rings is 1. The van der Waals surface area contributed by atoms with Crippen molar-refractivity contribution in [3.05, 3.63) is 46.4 Å². The molecule has 0 N–H and O–H groups in total. The van der Waals surface area contributed by atoms with Crippen molar-refractivity contribution < 1.29 is 26.3 Å². The quantitative estimate of drug-likeness (QED) is 0.607. The molecule has 1 aliphatic carbocycles. The summed E-state index contributed by atoms with van der Waals surface area (Å²) in [5.74, 6) is -1.93. The largest absolute Gasteiger partial charge is 0.480 e. The van der Waals surface area contributed by atoms with Crippen LogP contribution in [-0.2, 0) is 10.0 Å². The Balaban J connectivity index is 1.70. The van der Waals surface area contributed by atoms with E-state index in [0.29, 0.717) is 31.0 Å². The van der Waals surface area contributed by atoms with Gasteiger partial charge in [0.25, 0.3) is 0 Å². The molecule has 0 spiro atoms. The minimum absolute atomic E-state index is 0.130. The van der Waals surface area contributed by atoms with Gasteiger partial charge in [0.1, 0.15) is 29.6 Å². The fraction of sp³-hybridized carbons (Fsp3) is 0.545. The highest BCUT2D eigenvalue weighted by atomic mass is 32.2. The highest BCUT2D eigenvalue weighted by Gasteiger charge is 2.34. The van der Waals surface area contributed by atoms with E-state index < -0.39 is 44.7 Å². The van der Waals surface area contributed by atoms with Crippen LogP contribution < -0.4 is 15.2 Å². The molecule has 2 heterocycles. The maximum absolute atomic E-state index is 14.3. The molecule has 1 saturated carbocycles. The van der Waals surface area contributed by atoms with Crippen molar-refractivity contribution in [2.24, 2.45) is 0 Å². The number of sulfonamides is 1. The van der Waals surface area contributed by atoms with Crippen molar-refractivity contribution in [3.8, 4) is 11.4 Å². The summed E-state index contributed by atoms with van der Waals surface area (Å²) in [4.78, 5) is 15.1. The van der Waals surface area contributed by atoms with Gasteiger partial charge in [0.2, 0.25) is 15.8 Å². The molecule has 8 nitrogen and oxygen atoms in total. The lowest BCUT2D eigenvalue weighted by molar-refractivity contribution is 0.123. The van der Waals surface area contributed by atoms with Gasteiger partial charge in [-0.3, -0.25) is 4.79 Å². The molecule has 1 aromatic heterocycles. The monoisotopic (exact) mass is 500 g/mol. The minimum Gasteiger partial charge on any atom is -0.480 e. The normalized spacial score (nSPS) is 21.9. The van der Waals surface area contributed by atoms with Crippen molar-refractivity contribution in [2.45, 2.75) is 50.6 Å². The molecule has 2 aromatic rings. The summed E-state index contributed by atoms with van der Waals surface area (Å²) < 4.78 is 74.9. The SMILES string of the molecule is CC(C)S(=O)(=O)N1CCN(c2cnn(-c3cc(F)cc(F)c3)c(=O)c2O[C@H]2CCC[C@@H]2F)CC1. The summed E-state index contributed by atoms with van der Waals surface area (Å²) in [7, 11) is -3.43. The molecule has 186 valence electrons. The molecule has 1 saturated heterocycles. The van der Waals surface area contributed by atoms with E-state index in [1.165, 1.54) is 10.5 Å². The van der Waals surface area contributed by atoms with E-state index in [0.717, 1.165) is 16.8 Å². The first-order chi connectivity index (χ1) is 16.1. The summed E-state index contributed by atoms with van der Waals surface area (Å²) in [6.45, 7) is 4.17. The van der Waals surface area contributed by atoms with Crippen LogP contribution in [0.2, 0.25) is 0 Å². The number of anilines is 1. The predicted octanol–water partition coefficient (Wildman–Crippen LogP) is 2.64. The van der Waals surface area contributed by atoms with Crippen LogP contribution in [-0.4, -0.2) is 66.2 Å². The van der Waals surface area contributed by atoms with Crippen LogP contribution in [0, 0.1) is 11.6 Å². The van der Waals surface area contributed by atoms with Crippen molar-refractivity contribution in [3.63, 3.8) is 0 Å². The summed E-state index contributed by atoms with van der Waals surface area (Å²) in [5, 5.41) is 3.52. The summed E-state index contributed by atoms with van der Waals surface area (Å²) >= 11 is 0. The number of aromatic nitrogens is 2. The van der Waals surface area contributed by atoms with E-state index in [9.17, 15) is 26.4 Å². The van der Waals surface area contributed by atoms with Gasteiger partial charge in [0, 0.05) is 32.2 Å². The smallest absolute Gasteiger partial charge is 0.316 e. The number of rotatable bonds is 6. The lowest BCUT2D eigenvalue weighted by Crippen LogP contribution is -2.50. The van der Waals surface area contributed by atoms with Gasteiger partial charge >= 0.3 is 5.56 Å². The minimum atomic E-state index is -3.43. The van der Waals surface area contributed by atoms with Crippen LogP contribution in [0.4, 0.5) is 18.9 Å². The molecule has 2 aliphatic rings. The van der Waals surface area contributed by atoms with E-state index in [1.54, 1.807) is 18.7 Å². The van der Waals surface area contributed by atoms with Gasteiger partial charge in [-0.2, -0.15) is 14.1 Å². The zero-order valence-corrected chi connectivity index (χ0v) is 19.8. The topological polar surface area (TPSA) is 84.7 Å². The van der Waals surface area contributed by atoms with Gasteiger partial charge in [-0.1, -0.05) is 0 Å². The van der Waals surface area contributed by atoms with E-state index in [1.807, 2.05) is 0 Å². The van der Waals surface area contributed by atoms with Gasteiger partial charge in [0.05, 0.1) is 17.1 Å². The molecular formula is C22H27F3N4O4S. The molecule has 2 atom stereocenters. The Morgan fingerprint density at radius 1 is 1.06 bits per heavy atom. The van der Waals surface area contributed by atoms with Gasteiger partial charge < -0.3 is 9.64 Å². The second kappa shape index (κ2) is 9.57. The molecule has 0 amide bonds. The highest BCUT2D eigenvalue weighted by molar-refractivity contribution is 7.89. The van der Waals surface area contributed by atoms with E-state index in [2.05, 4.69) is 5.10 Å². The number of halogens is 3. The maximum atomic E-state index is 14.3. The Labute approximate surface area is 196 Å². The van der Waals surface area contributed by atoms with Gasteiger partial charge in [-0.05, 0) is 45.2 Å². The van der Waals surface area contributed by atoms with E-state index in [-0.39, 0.29) is 37.6 Å². The summed E-state index contributed by atoms with van der Waals surface area (Å²) in [5.41, 5.74) is -0.618. The zero-order chi connectivity index (χ0) is 24.6. The lowest BCUT2D eigenvalue weighted by Gasteiger charge is -2.36. The van der Waals surface area contributed by atoms with Crippen LogP contribution in [0.3, 0.4) is 0 Å². The molecule has 4 rings (SSSR count). The van der Waals surface area contributed by atoms with Gasteiger partial charge in [-0.25, -0.2) is 21.6 Å². The molecule has 0 radical (unpaired) electrons.